The van der Waals surface area contributed by atoms with Crippen LogP contribution < -0.4 is 5.32 Å². The Hall–Kier alpha value is -2.41. The first kappa shape index (κ1) is 17.0. The van der Waals surface area contributed by atoms with Crippen molar-refractivity contribution in [2.24, 2.45) is 0 Å². The third-order valence-electron chi connectivity index (χ3n) is 4.86. The van der Waals surface area contributed by atoms with E-state index in [4.69, 9.17) is 0 Å². The van der Waals surface area contributed by atoms with Gasteiger partial charge in [0.05, 0.1) is 11.9 Å². The molecule has 0 spiro atoms. The molecule has 1 fully saturated rings. The Bertz CT molecular complexity index is 895. The summed E-state index contributed by atoms with van der Waals surface area (Å²) in [5.74, 6) is 0.187. The summed E-state index contributed by atoms with van der Waals surface area (Å²) in [4.78, 5) is 8.61. The Kier molecular flexibility index (Phi) is 4.63. The van der Waals surface area contributed by atoms with Gasteiger partial charge in [-0.2, -0.15) is 0 Å². The maximum atomic E-state index is 14.2. The lowest BCUT2D eigenvalue weighted by Crippen LogP contribution is -2.42. The van der Waals surface area contributed by atoms with E-state index < -0.39 is 0 Å². The Morgan fingerprint density at radius 3 is 2.50 bits per heavy atom. The lowest BCUT2D eigenvalue weighted by Gasteiger charge is -2.41. The second-order valence-corrected chi connectivity index (χ2v) is 7.41. The highest BCUT2D eigenvalue weighted by atomic mass is 79.9. The van der Waals surface area contributed by atoms with Crippen molar-refractivity contribution in [2.45, 2.75) is 24.7 Å². The summed E-state index contributed by atoms with van der Waals surface area (Å²) >= 11 is 3.41. The molecule has 5 nitrogen and oxygen atoms in total. The molecule has 132 valence electrons. The molecule has 0 bridgehead atoms. The molecule has 26 heavy (non-hydrogen) atoms. The molecule has 1 aliphatic rings. The van der Waals surface area contributed by atoms with Crippen molar-refractivity contribution < 1.29 is 4.39 Å². The number of rotatable bonds is 5. The van der Waals surface area contributed by atoms with Gasteiger partial charge in [-0.05, 0) is 37.1 Å². The number of hydrogen-bond donors (Lipinski definition) is 1. The predicted molar refractivity (Wildman–Crippen MR) is 101 cm³/mol. The van der Waals surface area contributed by atoms with Crippen LogP contribution in [0, 0.1) is 5.82 Å². The van der Waals surface area contributed by atoms with Gasteiger partial charge >= 0.3 is 0 Å². The fourth-order valence-electron chi connectivity index (χ4n) is 3.23. The molecule has 1 aliphatic carbocycles. The van der Waals surface area contributed by atoms with E-state index in [2.05, 4.69) is 41.4 Å². The van der Waals surface area contributed by atoms with E-state index in [0.29, 0.717) is 23.9 Å². The van der Waals surface area contributed by atoms with Crippen molar-refractivity contribution in [3.05, 3.63) is 64.8 Å². The standard InChI is InChI=1S/C19H17BrFN5/c20-14-6-4-13(5-7-14)16-11-23-18(26-25-16)24-12-19(8-2-9-19)17-15(21)3-1-10-22-17/h1,3-7,10-11H,2,8-9,12H2,(H,23,24,26). The number of nitrogens with one attached hydrogen (secondary N) is 1. The van der Waals surface area contributed by atoms with Crippen LogP contribution in [0.2, 0.25) is 0 Å². The monoisotopic (exact) mass is 413 g/mol. The summed E-state index contributed by atoms with van der Waals surface area (Å²) in [6.45, 7) is 0.542. The van der Waals surface area contributed by atoms with Crippen molar-refractivity contribution in [3.8, 4) is 11.3 Å². The van der Waals surface area contributed by atoms with Crippen LogP contribution >= 0.6 is 15.9 Å². The van der Waals surface area contributed by atoms with Crippen molar-refractivity contribution in [3.63, 3.8) is 0 Å². The van der Waals surface area contributed by atoms with Gasteiger partial charge in [-0.25, -0.2) is 9.37 Å². The molecule has 0 atom stereocenters. The zero-order valence-electron chi connectivity index (χ0n) is 14.0. The molecule has 2 heterocycles. The summed E-state index contributed by atoms with van der Waals surface area (Å²) in [6.07, 6.45) is 6.20. The fraction of sp³-hybridized carbons (Fsp3) is 0.263. The van der Waals surface area contributed by atoms with Crippen molar-refractivity contribution >= 4 is 21.9 Å². The number of aromatic nitrogens is 4. The van der Waals surface area contributed by atoms with E-state index >= 15 is 0 Å². The quantitative estimate of drug-likeness (QED) is 0.672. The van der Waals surface area contributed by atoms with Crippen LogP contribution in [0.15, 0.2) is 53.3 Å². The summed E-state index contributed by atoms with van der Waals surface area (Å²) in [6, 6.07) is 10.9. The molecule has 1 saturated carbocycles. The van der Waals surface area contributed by atoms with Gasteiger partial charge in [0.2, 0.25) is 5.95 Å². The number of halogens is 2. The number of hydrogen-bond acceptors (Lipinski definition) is 5. The van der Waals surface area contributed by atoms with Gasteiger partial charge in [0.1, 0.15) is 11.5 Å². The van der Waals surface area contributed by atoms with Crippen LogP contribution in [0.3, 0.4) is 0 Å². The largest absolute Gasteiger partial charge is 0.352 e. The second-order valence-electron chi connectivity index (χ2n) is 6.50. The summed E-state index contributed by atoms with van der Waals surface area (Å²) in [5, 5.41) is 11.6. The van der Waals surface area contributed by atoms with Crippen LogP contribution in [-0.4, -0.2) is 26.7 Å². The van der Waals surface area contributed by atoms with Crippen LogP contribution in [-0.2, 0) is 5.41 Å². The minimum absolute atomic E-state index is 0.251. The van der Waals surface area contributed by atoms with E-state index in [9.17, 15) is 4.39 Å². The maximum Gasteiger partial charge on any atom is 0.242 e. The second kappa shape index (κ2) is 7.07. The fourth-order valence-corrected chi connectivity index (χ4v) is 3.50. The molecule has 4 rings (SSSR count). The van der Waals surface area contributed by atoms with E-state index in [-0.39, 0.29) is 11.2 Å². The van der Waals surface area contributed by atoms with E-state index in [1.54, 1.807) is 18.5 Å². The number of pyridine rings is 1. The van der Waals surface area contributed by atoms with Gasteiger partial charge in [0.15, 0.2) is 0 Å². The predicted octanol–water partition coefficient (Wildman–Crippen LogP) is 4.37. The number of nitrogens with zero attached hydrogens (tertiary/aromatic N) is 4. The third kappa shape index (κ3) is 3.31. The molecule has 0 amide bonds. The molecule has 2 aromatic heterocycles. The Morgan fingerprint density at radius 2 is 1.88 bits per heavy atom. The van der Waals surface area contributed by atoms with Crippen LogP contribution in [0.5, 0.6) is 0 Å². The molecule has 0 radical (unpaired) electrons. The Morgan fingerprint density at radius 1 is 1.08 bits per heavy atom. The van der Waals surface area contributed by atoms with E-state index in [1.165, 1.54) is 6.07 Å². The minimum Gasteiger partial charge on any atom is -0.352 e. The smallest absolute Gasteiger partial charge is 0.242 e. The zero-order valence-corrected chi connectivity index (χ0v) is 15.6. The first-order valence-electron chi connectivity index (χ1n) is 8.47. The first-order valence-corrected chi connectivity index (χ1v) is 9.26. The minimum atomic E-state index is -0.293. The van der Waals surface area contributed by atoms with Gasteiger partial charge < -0.3 is 5.32 Å². The number of anilines is 1. The SMILES string of the molecule is Fc1cccnc1C1(CNc2ncc(-c3ccc(Br)cc3)nn2)CCC1. The normalized spacial score (nSPS) is 15.3. The van der Waals surface area contributed by atoms with Crippen molar-refractivity contribution in [1.29, 1.82) is 0 Å². The Balaban J connectivity index is 1.47. The molecule has 1 aromatic carbocycles. The summed E-state index contributed by atoms with van der Waals surface area (Å²) in [5.41, 5.74) is 1.89. The average molecular weight is 414 g/mol. The molecule has 0 unspecified atom stereocenters. The Labute approximate surface area is 159 Å². The van der Waals surface area contributed by atoms with Gasteiger partial charge in [-0.1, -0.05) is 34.5 Å². The highest BCUT2D eigenvalue weighted by Gasteiger charge is 2.41. The van der Waals surface area contributed by atoms with Gasteiger partial charge in [-0.15, -0.1) is 10.2 Å². The van der Waals surface area contributed by atoms with Crippen LogP contribution in [0.25, 0.3) is 11.3 Å². The highest BCUT2D eigenvalue weighted by Crippen LogP contribution is 2.43. The summed E-state index contributed by atoms with van der Waals surface area (Å²) < 4.78 is 15.2. The number of benzene rings is 1. The zero-order chi connectivity index (χ0) is 18.0. The van der Waals surface area contributed by atoms with E-state index in [0.717, 1.165) is 29.3 Å². The topological polar surface area (TPSA) is 63.6 Å². The summed E-state index contributed by atoms with van der Waals surface area (Å²) in [7, 11) is 0. The third-order valence-corrected chi connectivity index (χ3v) is 5.39. The van der Waals surface area contributed by atoms with Crippen LogP contribution in [0.1, 0.15) is 25.0 Å². The lowest BCUT2D eigenvalue weighted by atomic mass is 9.66. The van der Waals surface area contributed by atoms with Gasteiger partial charge in [-0.3, -0.25) is 4.98 Å². The first-order chi connectivity index (χ1) is 12.7. The van der Waals surface area contributed by atoms with Gasteiger partial charge in [0, 0.05) is 28.2 Å². The molecule has 7 heteroatoms. The molecule has 0 aliphatic heterocycles. The van der Waals surface area contributed by atoms with Crippen LogP contribution in [0.4, 0.5) is 10.3 Å². The molecular formula is C19H17BrFN5. The molecule has 3 aromatic rings. The van der Waals surface area contributed by atoms with Crippen molar-refractivity contribution in [2.75, 3.05) is 11.9 Å². The molecule has 1 N–H and O–H groups in total. The lowest BCUT2D eigenvalue weighted by molar-refractivity contribution is 0.243. The molecular weight excluding hydrogens is 397 g/mol. The van der Waals surface area contributed by atoms with Crippen molar-refractivity contribution in [1.82, 2.24) is 20.2 Å². The maximum absolute atomic E-state index is 14.2. The van der Waals surface area contributed by atoms with E-state index in [1.807, 2.05) is 24.3 Å². The molecule has 0 saturated heterocycles. The average Bonchev–Trinajstić information content (AvgIpc) is 2.63. The highest BCUT2D eigenvalue weighted by molar-refractivity contribution is 9.10. The van der Waals surface area contributed by atoms with Gasteiger partial charge in [0.25, 0.3) is 0 Å².